The van der Waals surface area contributed by atoms with E-state index in [9.17, 15) is 4.79 Å². The summed E-state index contributed by atoms with van der Waals surface area (Å²) in [4.78, 5) is 13.8. The molecule has 1 aliphatic heterocycles. The maximum absolute atomic E-state index is 12.0. The average molecular weight is 214 g/mol. The maximum Gasteiger partial charge on any atom is 0.239 e. The third-order valence-electron chi connectivity index (χ3n) is 2.78. The van der Waals surface area contributed by atoms with Crippen molar-refractivity contribution in [1.29, 1.82) is 0 Å². The van der Waals surface area contributed by atoms with E-state index < -0.39 is 0 Å². The van der Waals surface area contributed by atoms with Crippen LogP contribution in [-0.4, -0.2) is 48.2 Å². The number of nitrogens with one attached hydrogen (secondary N) is 1. The van der Waals surface area contributed by atoms with Gasteiger partial charge >= 0.3 is 0 Å². The molecule has 0 aromatic carbocycles. The van der Waals surface area contributed by atoms with Crippen LogP contribution in [0.3, 0.4) is 0 Å². The first kappa shape index (κ1) is 12.5. The number of aliphatic hydroxyl groups is 1. The van der Waals surface area contributed by atoms with Gasteiger partial charge in [-0.1, -0.05) is 13.3 Å². The Kier molecular flexibility index (Phi) is 5.65. The van der Waals surface area contributed by atoms with Crippen LogP contribution in [0, 0.1) is 0 Å². The highest BCUT2D eigenvalue weighted by Crippen LogP contribution is 2.10. The molecule has 0 aromatic rings. The number of aliphatic hydroxyl groups excluding tert-OH is 1. The lowest BCUT2D eigenvalue weighted by Crippen LogP contribution is -2.49. The molecular weight excluding hydrogens is 192 g/mol. The first-order valence-corrected chi connectivity index (χ1v) is 5.92. The van der Waals surface area contributed by atoms with Crippen molar-refractivity contribution >= 4 is 5.91 Å². The van der Waals surface area contributed by atoms with Gasteiger partial charge in [0.15, 0.2) is 0 Å². The zero-order chi connectivity index (χ0) is 11.1. The Morgan fingerprint density at radius 3 is 2.80 bits per heavy atom. The summed E-state index contributed by atoms with van der Waals surface area (Å²) < 4.78 is 0. The van der Waals surface area contributed by atoms with Crippen LogP contribution in [0.1, 0.15) is 32.6 Å². The molecule has 0 bridgehead atoms. The fourth-order valence-electron chi connectivity index (χ4n) is 2.01. The Hall–Kier alpha value is -0.610. The number of piperidine rings is 1. The molecule has 0 spiro atoms. The van der Waals surface area contributed by atoms with Crippen LogP contribution in [0.25, 0.3) is 0 Å². The standard InChI is InChI=1S/C11H22N2O2/c1-2-7-13(8-9-14)11(15)10-5-3-4-6-12-10/h10,12,14H,2-9H2,1H3. The second-order valence-electron chi connectivity index (χ2n) is 4.05. The Morgan fingerprint density at radius 1 is 1.47 bits per heavy atom. The second kappa shape index (κ2) is 6.80. The first-order valence-electron chi connectivity index (χ1n) is 5.92. The molecule has 2 N–H and O–H groups in total. The van der Waals surface area contributed by atoms with E-state index in [1.165, 1.54) is 0 Å². The molecule has 0 aliphatic carbocycles. The van der Waals surface area contributed by atoms with Gasteiger partial charge in [-0.2, -0.15) is 0 Å². The molecule has 1 heterocycles. The predicted octanol–water partition coefficient (Wildman–Crippen LogP) is 0.359. The third kappa shape index (κ3) is 3.80. The second-order valence-corrected chi connectivity index (χ2v) is 4.05. The number of amides is 1. The van der Waals surface area contributed by atoms with Gasteiger partial charge in [0.05, 0.1) is 12.6 Å². The molecule has 4 heteroatoms. The molecule has 0 radical (unpaired) electrons. The molecule has 88 valence electrons. The van der Waals surface area contributed by atoms with E-state index >= 15 is 0 Å². The molecule has 0 aromatic heterocycles. The topological polar surface area (TPSA) is 52.6 Å². The van der Waals surface area contributed by atoms with E-state index in [2.05, 4.69) is 5.32 Å². The summed E-state index contributed by atoms with van der Waals surface area (Å²) in [6.07, 6.45) is 4.17. The van der Waals surface area contributed by atoms with Gasteiger partial charge < -0.3 is 15.3 Å². The zero-order valence-corrected chi connectivity index (χ0v) is 9.54. The fraction of sp³-hybridized carbons (Fsp3) is 0.909. The van der Waals surface area contributed by atoms with Crippen LogP contribution in [0.2, 0.25) is 0 Å². The molecule has 15 heavy (non-hydrogen) atoms. The third-order valence-corrected chi connectivity index (χ3v) is 2.78. The summed E-state index contributed by atoms with van der Waals surface area (Å²) in [7, 11) is 0. The lowest BCUT2D eigenvalue weighted by atomic mass is 10.0. The Morgan fingerprint density at radius 2 is 2.27 bits per heavy atom. The van der Waals surface area contributed by atoms with Crippen LogP contribution >= 0.6 is 0 Å². The number of nitrogens with zero attached hydrogens (tertiary/aromatic N) is 1. The summed E-state index contributed by atoms with van der Waals surface area (Å²) in [5, 5.41) is 12.1. The van der Waals surface area contributed by atoms with Crippen LogP contribution in [-0.2, 0) is 4.79 Å². The molecule has 1 aliphatic rings. The van der Waals surface area contributed by atoms with Crippen molar-refractivity contribution in [2.75, 3.05) is 26.2 Å². The van der Waals surface area contributed by atoms with Crippen molar-refractivity contribution in [3.05, 3.63) is 0 Å². The van der Waals surface area contributed by atoms with E-state index in [4.69, 9.17) is 5.11 Å². The van der Waals surface area contributed by atoms with E-state index in [-0.39, 0.29) is 18.6 Å². The molecule has 4 nitrogen and oxygen atoms in total. The molecule has 0 saturated carbocycles. The predicted molar refractivity (Wildman–Crippen MR) is 59.6 cm³/mol. The quantitative estimate of drug-likeness (QED) is 0.695. The number of hydrogen-bond acceptors (Lipinski definition) is 3. The normalized spacial score (nSPS) is 21.3. The first-order chi connectivity index (χ1) is 7.29. The highest BCUT2D eigenvalue weighted by molar-refractivity contribution is 5.82. The van der Waals surface area contributed by atoms with Gasteiger partial charge in [0, 0.05) is 13.1 Å². The fourth-order valence-corrected chi connectivity index (χ4v) is 2.01. The highest BCUT2D eigenvalue weighted by atomic mass is 16.3. The van der Waals surface area contributed by atoms with E-state index in [1.807, 2.05) is 6.92 Å². The number of carbonyl (C=O) groups is 1. The van der Waals surface area contributed by atoms with Crippen LogP contribution in [0.4, 0.5) is 0 Å². The van der Waals surface area contributed by atoms with Crippen LogP contribution < -0.4 is 5.32 Å². The summed E-state index contributed by atoms with van der Waals surface area (Å²) in [6.45, 7) is 4.25. The van der Waals surface area contributed by atoms with Crippen molar-refractivity contribution < 1.29 is 9.90 Å². The Labute approximate surface area is 91.6 Å². The SMILES string of the molecule is CCCN(CCO)C(=O)C1CCCCN1. The molecule has 1 saturated heterocycles. The monoisotopic (exact) mass is 214 g/mol. The average Bonchev–Trinajstić information content (AvgIpc) is 2.29. The Balaban J connectivity index is 2.45. The molecule has 1 amide bonds. The van der Waals surface area contributed by atoms with E-state index in [1.54, 1.807) is 4.90 Å². The largest absolute Gasteiger partial charge is 0.395 e. The van der Waals surface area contributed by atoms with Gasteiger partial charge in [-0.05, 0) is 25.8 Å². The van der Waals surface area contributed by atoms with Crippen LogP contribution in [0.15, 0.2) is 0 Å². The van der Waals surface area contributed by atoms with Crippen LogP contribution in [0.5, 0.6) is 0 Å². The molecule has 1 rings (SSSR count). The summed E-state index contributed by atoms with van der Waals surface area (Å²) in [5.41, 5.74) is 0. The smallest absolute Gasteiger partial charge is 0.239 e. The van der Waals surface area contributed by atoms with Crippen molar-refractivity contribution in [3.8, 4) is 0 Å². The van der Waals surface area contributed by atoms with Gasteiger partial charge in [0.1, 0.15) is 0 Å². The molecule has 1 atom stereocenters. The van der Waals surface area contributed by atoms with Gasteiger partial charge in [-0.3, -0.25) is 4.79 Å². The number of rotatable bonds is 5. The number of carbonyl (C=O) groups excluding carboxylic acids is 1. The lowest BCUT2D eigenvalue weighted by molar-refractivity contribution is -0.134. The summed E-state index contributed by atoms with van der Waals surface area (Å²) in [5.74, 6) is 0.158. The van der Waals surface area contributed by atoms with Crippen molar-refractivity contribution in [1.82, 2.24) is 10.2 Å². The minimum Gasteiger partial charge on any atom is -0.395 e. The van der Waals surface area contributed by atoms with Gasteiger partial charge in [-0.15, -0.1) is 0 Å². The molecule has 1 fully saturated rings. The number of hydrogen-bond donors (Lipinski definition) is 2. The maximum atomic E-state index is 12.0. The van der Waals surface area contributed by atoms with Crippen molar-refractivity contribution in [2.24, 2.45) is 0 Å². The zero-order valence-electron chi connectivity index (χ0n) is 9.54. The summed E-state index contributed by atoms with van der Waals surface area (Å²) in [6, 6.07) is -0.0168. The highest BCUT2D eigenvalue weighted by Gasteiger charge is 2.24. The van der Waals surface area contributed by atoms with Crippen molar-refractivity contribution in [3.63, 3.8) is 0 Å². The lowest BCUT2D eigenvalue weighted by Gasteiger charge is -2.29. The molecule has 1 unspecified atom stereocenters. The van der Waals surface area contributed by atoms with E-state index in [0.717, 1.165) is 38.8 Å². The van der Waals surface area contributed by atoms with Gasteiger partial charge in [0.2, 0.25) is 5.91 Å². The summed E-state index contributed by atoms with van der Waals surface area (Å²) >= 11 is 0. The minimum absolute atomic E-state index is 0.0168. The van der Waals surface area contributed by atoms with Gasteiger partial charge in [-0.25, -0.2) is 0 Å². The van der Waals surface area contributed by atoms with Gasteiger partial charge in [0.25, 0.3) is 0 Å². The van der Waals surface area contributed by atoms with E-state index in [0.29, 0.717) is 6.54 Å². The van der Waals surface area contributed by atoms with Crippen molar-refractivity contribution in [2.45, 2.75) is 38.6 Å². The Bertz CT molecular complexity index is 185. The molecular formula is C11H22N2O2. The minimum atomic E-state index is -0.0168.